The molecule has 2 aromatic carbocycles. The molecule has 8 nitrogen and oxygen atoms in total. The molecular weight excluding hydrogens is 444 g/mol. The summed E-state index contributed by atoms with van der Waals surface area (Å²) in [5.74, 6) is 0.748. The summed E-state index contributed by atoms with van der Waals surface area (Å²) in [7, 11) is 0. The smallest absolute Gasteiger partial charge is 0.263 e. The average Bonchev–Trinajstić information content (AvgIpc) is 2.78. The van der Waals surface area contributed by atoms with Gasteiger partial charge in [-0.2, -0.15) is 0 Å². The molecule has 0 radical (unpaired) electrons. The van der Waals surface area contributed by atoms with E-state index in [4.69, 9.17) is 31.2 Å². The number of thiocarbonyl (C=S) groups is 1. The van der Waals surface area contributed by atoms with Crippen LogP contribution in [0.4, 0.5) is 0 Å². The van der Waals surface area contributed by atoms with E-state index >= 15 is 0 Å². The average molecular weight is 471 g/mol. The third kappa shape index (κ3) is 7.30. The lowest BCUT2D eigenvalue weighted by molar-refractivity contribution is -0.123. The van der Waals surface area contributed by atoms with Crippen LogP contribution in [-0.4, -0.2) is 50.0 Å². The molecule has 0 spiro atoms. The number of amides is 2. The SMILES string of the molecule is CCOc1cc(C=C2C(=O)NC(=S)NC2=O)ccc1OCCOCCOc1ccc(C)cc1. The normalized spacial score (nSPS) is 13.3. The molecule has 0 aliphatic carbocycles. The first-order valence-corrected chi connectivity index (χ1v) is 10.9. The van der Waals surface area contributed by atoms with E-state index in [-0.39, 0.29) is 10.7 Å². The van der Waals surface area contributed by atoms with E-state index in [0.29, 0.717) is 50.1 Å². The first kappa shape index (κ1) is 24.2. The van der Waals surface area contributed by atoms with Gasteiger partial charge >= 0.3 is 0 Å². The highest BCUT2D eigenvalue weighted by Gasteiger charge is 2.25. The maximum Gasteiger partial charge on any atom is 0.263 e. The van der Waals surface area contributed by atoms with Crippen molar-refractivity contribution in [1.82, 2.24) is 10.6 Å². The van der Waals surface area contributed by atoms with Gasteiger partial charge in [-0.25, -0.2) is 0 Å². The van der Waals surface area contributed by atoms with Crippen LogP contribution in [0.2, 0.25) is 0 Å². The summed E-state index contributed by atoms with van der Waals surface area (Å²) in [6.45, 7) is 5.91. The van der Waals surface area contributed by atoms with Crippen LogP contribution in [-0.2, 0) is 14.3 Å². The van der Waals surface area contributed by atoms with Crippen LogP contribution in [0.15, 0.2) is 48.0 Å². The van der Waals surface area contributed by atoms with Crippen molar-refractivity contribution in [2.75, 3.05) is 33.0 Å². The number of rotatable bonds is 11. The van der Waals surface area contributed by atoms with Gasteiger partial charge < -0.3 is 18.9 Å². The second-order valence-corrected chi connectivity index (χ2v) is 7.47. The number of ether oxygens (including phenoxy) is 4. The van der Waals surface area contributed by atoms with E-state index in [1.807, 2.05) is 38.1 Å². The maximum absolute atomic E-state index is 12.0. The molecule has 1 aliphatic rings. The van der Waals surface area contributed by atoms with Gasteiger partial charge in [0.05, 0.1) is 19.8 Å². The summed E-state index contributed by atoms with van der Waals surface area (Å²) >= 11 is 4.81. The van der Waals surface area contributed by atoms with Crippen LogP contribution < -0.4 is 24.8 Å². The van der Waals surface area contributed by atoms with Gasteiger partial charge in [0.2, 0.25) is 0 Å². The van der Waals surface area contributed by atoms with Crippen LogP contribution in [0, 0.1) is 6.92 Å². The molecule has 3 rings (SSSR count). The van der Waals surface area contributed by atoms with Gasteiger partial charge in [0.25, 0.3) is 11.8 Å². The fraction of sp³-hybridized carbons (Fsp3) is 0.292. The van der Waals surface area contributed by atoms with Crippen molar-refractivity contribution < 1.29 is 28.5 Å². The largest absolute Gasteiger partial charge is 0.491 e. The van der Waals surface area contributed by atoms with Gasteiger partial charge in [-0.15, -0.1) is 0 Å². The Kier molecular flexibility index (Phi) is 8.79. The molecular formula is C24H26N2O6S. The summed E-state index contributed by atoms with van der Waals surface area (Å²) in [6, 6.07) is 13.0. The Morgan fingerprint density at radius 1 is 0.848 bits per heavy atom. The zero-order valence-electron chi connectivity index (χ0n) is 18.5. The molecule has 33 heavy (non-hydrogen) atoms. The molecule has 2 amide bonds. The first-order valence-electron chi connectivity index (χ1n) is 10.5. The van der Waals surface area contributed by atoms with Crippen LogP contribution >= 0.6 is 12.2 Å². The standard InChI is InChI=1S/C24H26N2O6S/c1-3-30-21-15-17(14-19-22(27)25-24(33)26-23(19)28)6-9-20(21)32-13-11-29-10-12-31-18-7-4-16(2)5-8-18/h4-9,14-15H,3,10-13H2,1-2H3,(H2,25,26,27,28,33). The molecule has 0 saturated carbocycles. The molecule has 1 aliphatic heterocycles. The quantitative estimate of drug-likeness (QED) is 0.226. The van der Waals surface area contributed by atoms with Crippen LogP contribution in [0.1, 0.15) is 18.1 Å². The number of hydrogen-bond donors (Lipinski definition) is 2. The van der Waals surface area contributed by atoms with Crippen LogP contribution in [0.5, 0.6) is 17.2 Å². The number of carbonyl (C=O) groups is 2. The molecule has 9 heteroatoms. The maximum atomic E-state index is 12.0. The van der Waals surface area contributed by atoms with Crippen molar-refractivity contribution in [2.24, 2.45) is 0 Å². The van der Waals surface area contributed by atoms with Gasteiger partial charge in [-0.05, 0) is 62.0 Å². The summed E-state index contributed by atoms with van der Waals surface area (Å²) < 4.78 is 22.6. The van der Waals surface area contributed by atoms with E-state index in [1.165, 1.54) is 11.6 Å². The molecule has 0 unspecified atom stereocenters. The Morgan fingerprint density at radius 2 is 1.52 bits per heavy atom. The molecule has 0 aromatic heterocycles. The molecule has 1 fully saturated rings. The highest BCUT2D eigenvalue weighted by atomic mass is 32.1. The summed E-state index contributed by atoms with van der Waals surface area (Å²) in [5.41, 5.74) is 1.76. The Hall–Kier alpha value is -3.43. The van der Waals surface area contributed by atoms with Gasteiger partial charge in [-0.1, -0.05) is 23.8 Å². The minimum Gasteiger partial charge on any atom is -0.491 e. The Bertz CT molecular complexity index is 1010. The lowest BCUT2D eigenvalue weighted by atomic mass is 10.1. The van der Waals surface area contributed by atoms with Crippen molar-refractivity contribution in [2.45, 2.75) is 13.8 Å². The number of aryl methyl sites for hydroxylation is 1. The lowest BCUT2D eigenvalue weighted by Gasteiger charge is -2.17. The van der Waals surface area contributed by atoms with Crippen molar-refractivity contribution >= 4 is 35.2 Å². The van der Waals surface area contributed by atoms with E-state index in [0.717, 1.165) is 5.75 Å². The minimum absolute atomic E-state index is 0.00941. The molecule has 2 aromatic rings. The third-order valence-electron chi connectivity index (χ3n) is 4.52. The van der Waals surface area contributed by atoms with E-state index < -0.39 is 11.8 Å². The van der Waals surface area contributed by atoms with Crippen molar-refractivity contribution in [3.63, 3.8) is 0 Å². The monoisotopic (exact) mass is 470 g/mol. The predicted octanol–water partition coefficient (Wildman–Crippen LogP) is 2.78. The van der Waals surface area contributed by atoms with Crippen LogP contribution in [0.25, 0.3) is 6.08 Å². The molecule has 2 N–H and O–H groups in total. The predicted molar refractivity (Wildman–Crippen MR) is 127 cm³/mol. The van der Waals surface area contributed by atoms with Gasteiger partial charge in [0, 0.05) is 0 Å². The third-order valence-corrected chi connectivity index (χ3v) is 4.73. The van der Waals surface area contributed by atoms with Gasteiger partial charge in [-0.3, -0.25) is 20.2 Å². The summed E-state index contributed by atoms with van der Waals surface area (Å²) in [4.78, 5) is 24.1. The second-order valence-electron chi connectivity index (χ2n) is 7.06. The summed E-state index contributed by atoms with van der Waals surface area (Å²) in [5, 5.41) is 4.80. The highest BCUT2D eigenvalue weighted by molar-refractivity contribution is 7.80. The Labute approximate surface area is 197 Å². The lowest BCUT2D eigenvalue weighted by Crippen LogP contribution is -2.51. The second kappa shape index (κ2) is 12.0. The van der Waals surface area contributed by atoms with Gasteiger partial charge in [0.1, 0.15) is 24.5 Å². The molecule has 174 valence electrons. The fourth-order valence-corrected chi connectivity index (χ4v) is 3.13. The van der Waals surface area contributed by atoms with Crippen molar-refractivity contribution in [3.05, 3.63) is 59.2 Å². The van der Waals surface area contributed by atoms with Crippen molar-refractivity contribution in [1.29, 1.82) is 0 Å². The van der Waals surface area contributed by atoms with Crippen molar-refractivity contribution in [3.8, 4) is 17.2 Å². The van der Waals surface area contributed by atoms with E-state index in [9.17, 15) is 9.59 Å². The number of hydrogen-bond acceptors (Lipinski definition) is 7. The number of carbonyl (C=O) groups excluding carboxylic acids is 2. The summed E-state index contributed by atoms with van der Waals surface area (Å²) in [6.07, 6.45) is 1.47. The number of benzene rings is 2. The van der Waals surface area contributed by atoms with Gasteiger partial charge in [0.15, 0.2) is 16.6 Å². The molecule has 0 bridgehead atoms. The minimum atomic E-state index is -0.550. The fourth-order valence-electron chi connectivity index (χ4n) is 2.94. The highest BCUT2D eigenvalue weighted by Crippen LogP contribution is 2.29. The first-order chi connectivity index (χ1) is 16.0. The molecule has 0 atom stereocenters. The zero-order valence-corrected chi connectivity index (χ0v) is 19.3. The van der Waals surface area contributed by atoms with E-state index in [1.54, 1.807) is 18.2 Å². The Balaban J connectivity index is 1.49. The molecule has 1 heterocycles. The topological polar surface area (TPSA) is 95.1 Å². The zero-order chi connectivity index (χ0) is 23.6. The molecule has 1 saturated heterocycles. The van der Waals surface area contributed by atoms with Crippen LogP contribution in [0.3, 0.4) is 0 Å². The Morgan fingerprint density at radius 3 is 2.18 bits per heavy atom. The number of nitrogens with one attached hydrogen (secondary N) is 2. The van der Waals surface area contributed by atoms with E-state index in [2.05, 4.69) is 10.6 Å².